The van der Waals surface area contributed by atoms with Crippen molar-refractivity contribution in [1.82, 2.24) is 5.32 Å². The van der Waals surface area contributed by atoms with Crippen molar-refractivity contribution in [2.75, 3.05) is 18.6 Å². The first kappa shape index (κ1) is 20.8. The first-order valence-electron chi connectivity index (χ1n) is 8.65. The van der Waals surface area contributed by atoms with Gasteiger partial charge in [-0.3, -0.25) is 4.79 Å². The zero-order valence-electron chi connectivity index (χ0n) is 15.3. The maximum atomic E-state index is 12.0. The lowest BCUT2D eigenvalue weighted by Gasteiger charge is -2.14. The Morgan fingerprint density at radius 3 is 2.78 bits per heavy atom. The first-order chi connectivity index (χ1) is 12.9. The molecule has 0 bridgehead atoms. The molecule has 0 aliphatic carbocycles. The lowest BCUT2D eigenvalue weighted by atomic mass is 10.1. The predicted molar refractivity (Wildman–Crippen MR) is 105 cm³/mol. The summed E-state index contributed by atoms with van der Waals surface area (Å²) in [6, 6.07) is 5.58. The highest BCUT2D eigenvalue weighted by Gasteiger charge is 2.19. The number of aryl methyl sites for hydroxylation is 1. The number of nitrogens with one attached hydrogen (secondary N) is 1. The van der Waals surface area contributed by atoms with Gasteiger partial charge in [0.1, 0.15) is 17.4 Å². The zero-order valence-corrected chi connectivity index (χ0v) is 16.1. The summed E-state index contributed by atoms with van der Waals surface area (Å²) >= 11 is 1.51. The van der Waals surface area contributed by atoms with Gasteiger partial charge >= 0.3 is 11.6 Å². The Balaban J connectivity index is 2.05. The standard InChI is InChI=1S/C19H23NO6S/c1-3-4-12-9-18(22)26-16-10-13(5-6-14(12)16)25-11-17(21)20-15(19(23)24)7-8-27-2/h5-6,9-10,15H,3-4,7-8,11H2,1-2H3,(H,20,21)(H,23,24). The van der Waals surface area contributed by atoms with Gasteiger partial charge in [0.25, 0.3) is 5.91 Å². The topological polar surface area (TPSA) is 106 Å². The number of fused-ring (bicyclic) bond motifs is 1. The molecule has 2 rings (SSSR count). The molecule has 0 radical (unpaired) electrons. The minimum atomic E-state index is -1.08. The van der Waals surface area contributed by atoms with Crippen LogP contribution in [0.15, 0.2) is 33.5 Å². The Hall–Kier alpha value is -2.48. The quantitative estimate of drug-likeness (QED) is 0.597. The molecule has 1 atom stereocenters. The Morgan fingerprint density at radius 2 is 2.11 bits per heavy atom. The largest absolute Gasteiger partial charge is 0.484 e. The van der Waals surface area contributed by atoms with Crippen LogP contribution >= 0.6 is 11.8 Å². The van der Waals surface area contributed by atoms with E-state index < -0.39 is 23.5 Å². The number of rotatable bonds is 10. The summed E-state index contributed by atoms with van der Waals surface area (Å²) < 4.78 is 10.6. The Labute approximate surface area is 161 Å². The molecule has 0 aliphatic heterocycles. The van der Waals surface area contributed by atoms with E-state index in [9.17, 15) is 14.4 Å². The van der Waals surface area contributed by atoms with Gasteiger partial charge in [0.15, 0.2) is 6.61 Å². The molecule has 1 heterocycles. The summed E-state index contributed by atoms with van der Waals surface area (Å²) in [6.07, 6.45) is 3.87. The van der Waals surface area contributed by atoms with Crippen molar-refractivity contribution in [3.05, 3.63) is 40.2 Å². The zero-order chi connectivity index (χ0) is 19.8. The van der Waals surface area contributed by atoms with Crippen LogP contribution in [0.3, 0.4) is 0 Å². The third kappa shape index (κ3) is 6.02. The van der Waals surface area contributed by atoms with Crippen LogP contribution in [0.4, 0.5) is 0 Å². The number of ether oxygens (including phenoxy) is 1. The lowest BCUT2D eigenvalue weighted by Crippen LogP contribution is -2.43. The monoisotopic (exact) mass is 393 g/mol. The Bertz CT molecular complexity index is 863. The van der Waals surface area contributed by atoms with Crippen LogP contribution in [0, 0.1) is 0 Å². The fourth-order valence-electron chi connectivity index (χ4n) is 2.65. The van der Waals surface area contributed by atoms with E-state index >= 15 is 0 Å². The molecule has 2 aromatic rings. The third-order valence-electron chi connectivity index (χ3n) is 3.93. The predicted octanol–water partition coefficient (Wildman–Crippen LogP) is 2.45. The van der Waals surface area contributed by atoms with Crippen LogP contribution in [0.2, 0.25) is 0 Å². The third-order valence-corrected chi connectivity index (χ3v) is 4.58. The highest BCUT2D eigenvalue weighted by atomic mass is 32.2. The van der Waals surface area contributed by atoms with E-state index in [1.165, 1.54) is 17.8 Å². The molecule has 0 spiro atoms. The smallest absolute Gasteiger partial charge is 0.336 e. The molecule has 0 saturated carbocycles. The van der Waals surface area contributed by atoms with Gasteiger partial charge in [-0.05, 0) is 42.5 Å². The van der Waals surface area contributed by atoms with Crippen molar-refractivity contribution < 1.29 is 23.8 Å². The van der Waals surface area contributed by atoms with Crippen molar-refractivity contribution in [2.45, 2.75) is 32.2 Å². The molecule has 0 fully saturated rings. The SMILES string of the molecule is CCCc1cc(=O)oc2cc(OCC(=O)NC(CCSC)C(=O)O)ccc12. The van der Waals surface area contributed by atoms with E-state index in [-0.39, 0.29) is 6.61 Å². The van der Waals surface area contributed by atoms with E-state index in [4.69, 9.17) is 14.3 Å². The van der Waals surface area contributed by atoms with Crippen molar-refractivity contribution in [2.24, 2.45) is 0 Å². The second-order valence-electron chi connectivity index (χ2n) is 6.03. The summed E-state index contributed by atoms with van der Waals surface area (Å²) in [6.45, 7) is 1.70. The summed E-state index contributed by atoms with van der Waals surface area (Å²) in [5.74, 6) is -0.606. The molecule has 7 nitrogen and oxygen atoms in total. The summed E-state index contributed by atoms with van der Waals surface area (Å²) in [7, 11) is 0. The molecule has 2 N–H and O–H groups in total. The minimum Gasteiger partial charge on any atom is -0.484 e. The second-order valence-corrected chi connectivity index (χ2v) is 7.01. The normalized spacial score (nSPS) is 11.9. The van der Waals surface area contributed by atoms with Crippen LogP contribution in [0.1, 0.15) is 25.3 Å². The number of thioether (sulfide) groups is 1. The first-order valence-corrected chi connectivity index (χ1v) is 10.0. The number of carbonyl (C=O) groups excluding carboxylic acids is 1. The van der Waals surface area contributed by atoms with Gasteiger partial charge in [0, 0.05) is 17.5 Å². The van der Waals surface area contributed by atoms with E-state index in [1.54, 1.807) is 18.2 Å². The summed E-state index contributed by atoms with van der Waals surface area (Å²) in [5, 5.41) is 12.4. The molecule has 0 saturated heterocycles. The van der Waals surface area contributed by atoms with E-state index in [0.29, 0.717) is 23.5 Å². The fourth-order valence-corrected chi connectivity index (χ4v) is 3.13. The number of hydrogen-bond donors (Lipinski definition) is 2. The number of carboxylic acids is 1. The van der Waals surface area contributed by atoms with Gasteiger partial charge in [0.2, 0.25) is 0 Å². The average molecular weight is 393 g/mol. The van der Waals surface area contributed by atoms with E-state index in [0.717, 1.165) is 23.8 Å². The van der Waals surface area contributed by atoms with Crippen molar-refractivity contribution >= 4 is 34.6 Å². The number of hydrogen-bond acceptors (Lipinski definition) is 6. The highest BCUT2D eigenvalue weighted by Crippen LogP contribution is 2.23. The minimum absolute atomic E-state index is 0.326. The number of carboxylic acid groups (broad SMARTS) is 1. The van der Waals surface area contributed by atoms with Crippen LogP contribution in [0.25, 0.3) is 11.0 Å². The van der Waals surface area contributed by atoms with Crippen LogP contribution in [0.5, 0.6) is 5.75 Å². The molecule has 1 amide bonds. The Morgan fingerprint density at radius 1 is 1.33 bits per heavy atom. The number of amides is 1. The lowest BCUT2D eigenvalue weighted by molar-refractivity contribution is -0.142. The van der Waals surface area contributed by atoms with Crippen molar-refractivity contribution in [3.63, 3.8) is 0 Å². The highest BCUT2D eigenvalue weighted by molar-refractivity contribution is 7.98. The van der Waals surface area contributed by atoms with Gasteiger partial charge in [-0.15, -0.1) is 0 Å². The molecule has 1 aromatic heterocycles. The molecule has 8 heteroatoms. The van der Waals surface area contributed by atoms with Crippen LogP contribution in [-0.4, -0.2) is 41.6 Å². The fraction of sp³-hybridized carbons (Fsp3) is 0.421. The van der Waals surface area contributed by atoms with Gasteiger partial charge in [0.05, 0.1) is 0 Å². The van der Waals surface area contributed by atoms with Crippen molar-refractivity contribution in [1.29, 1.82) is 0 Å². The molecule has 1 aromatic carbocycles. The van der Waals surface area contributed by atoms with Crippen LogP contribution < -0.4 is 15.7 Å². The van der Waals surface area contributed by atoms with Gasteiger partial charge < -0.3 is 19.6 Å². The van der Waals surface area contributed by atoms with Gasteiger partial charge in [-0.25, -0.2) is 9.59 Å². The number of benzene rings is 1. The maximum Gasteiger partial charge on any atom is 0.336 e. The molecule has 1 unspecified atom stereocenters. The molecule has 0 aliphatic rings. The second kappa shape index (κ2) is 10.0. The molecule has 146 valence electrons. The van der Waals surface area contributed by atoms with E-state index in [2.05, 4.69) is 5.32 Å². The molecule has 27 heavy (non-hydrogen) atoms. The average Bonchev–Trinajstić information content (AvgIpc) is 2.63. The summed E-state index contributed by atoms with van der Waals surface area (Å²) in [4.78, 5) is 34.8. The molecular weight excluding hydrogens is 370 g/mol. The molecular formula is C19H23NO6S. The van der Waals surface area contributed by atoms with Gasteiger partial charge in [-0.2, -0.15) is 11.8 Å². The van der Waals surface area contributed by atoms with Crippen molar-refractivity contribution in [3.8, 4) is 5.75 Å². The van der Waals surface area contributed by atoms with Gasteiger partial charge in [-0.1, -0.05) is 13.3 Å². The number of aliphatic carboxylic acids is 1. The maximum absolute atomic E-state index is 12.0. The number of carbonyl (C=O) groups is 2. The summed E-state index contributed by atoms with van der Waals surface area (Å²) in [5.41, 5.74) is 0.873. The van der Waals surface area contributed by atoms with Crippen LogP contribution in [-0.2, 0) is 16.0 Å². The Kier molecular flexibility index (Phi) is 7.72. The van der Waals surface area contributed by atoms with E-state index in [1.807, 2.05) is 13.2 Å².